The smallest absolute Gasteiger partial charge is 0.293 e. The molecule has 0 radical (unpaired) electrons. The van der Waals surface area contributed by atoms with E-state index in [0.717, 1.165) is 6.07 Å². The average molecular weight is 347 g/mol. The third-order valence-corrected chi connectivity index (χ3v) is 3.68. The Kier molecular flexibility index (Phi) is 7.69. The highest BCUT2D eigenvalue weighted by Crippen LogP contribution is 2.32. The first-order valence-electron chi connectivity index (χ1n) is 7.77. The van der Waals surface area contributed by atoms with E-state index in [1.165, 1.54) is 0 Å². The van der Waals surface area contributed by atoms with Gasteiger partial charge in [-0.15, -0.1) is 0 Å². The maximum atomic E-state index is 13.6. The van der Waals surface area contributed by atoms with Crippen LogP contribution in [0, 0.1) is 23.4 Å². The number of carbonyl (C=O) groups is 1. The van der Waals surface area contributed by atoms with Crippen molar-refractivity contribution in [1.82, 2.24) is 5.32 Å². The lowest BCUT2D eigenvalue weighted by Crippen LogP contribution is -2.37. The Hall–Kier alpha value is -1.60. The molecule has 2 rings (SSSR count). The van der Waals surface area contributed by atoms with Gasteiger partial charge in [0.2, 0.25) is 0 Å². The summed E-state index contributed by atoms with van der Waals surface area (Å²) in [7, 11) is 0. The molecule has 2 atom stereocenters. The lowest BCUT2D eigenvalue weighted by molar-refractivity contribution is -0.138. The van der Waals surface area contributed by atoms with Crippen LogP contribution >= 0.6 is 0 Å². The van der Waals surface area contributed by atoms with Gasteiger partial charge in [-0.1, -0.05) is 0 Å². The molecule has 4 nitrogen and oxygen atoms in total. The van der Waals surface area contributed by atoms with Gasteiger partial charge in [0.15, 0.2) is 11.6 Å². The summed E-state index contributed by atoms with van der Waals surface area (Å²) < 4.78 is 44.1. The molecule has 1 aromatic carbocycles. The molecule has 0 spiro atoms. The van der Waals surface area contributed by atoms with Crippen molar-refractivity contribution in [2.24, 2.45) is 5.92 Å². The van der Waals surface area contributed by atoms with Gasteiger partial charge in [0.1, 0.15) is 11.4 Å². The zero-order valence-electron chi connectivity index (χ0n) is 14.1. The van der Waals surface area contributed by atoms with Crippen molar-refractivity contribution in [2.75, 3.05) is 19.7 Å². The van der Waals surface area contributed by atoms with E-state index in [-0.39, 0.29) is 29.6 Å². The number of piperidine rings is 1. The van der Waals surface area contributed by atoms with Crippen LogP contribution in [-0.2, 0) is 9.53 Å². The van der Waals surface area contributed by atoms with Gasteiger partial charge in [-0.3, -0.25) is 4.79 Å². The largest absolute Gasteiger partial charge is 0.462 e. The van der Waals surface area contributed by atoms with E-state index >= 15 is 0 Å². The number of benzene rings is 1. The predicted molar refractivity (Wildman–Crippen MR) is 84.0 cm³/mol. The molecule has 1 aromatic rings. The zero-order chi connectivity index (χ0) is 18.3. The molecule has 1 fully saturated rings. The van der Waals surface area contributed by atoms with Crippen molar-refractivity contribution in [3.63, 3.8) is 0 Å². The first kappa shape index (κ1) is 20.4. The standard InChI is InChI=1S/C12H14F3NO.C5H10O2/c13-10-4-12(15)11(14)3-9(10)8-1-2-16-5-7(8)6-17;1-5(2,3)7-4-6/h3-4,7-8,16-17H,1-2,5-6H2;4H,1-3H3/t7-,8+;/m0./s1. The molecule has 1 heterocycles. The molecule has 0 aromatic heterocycles. The molecule has 2 N–H and O–H groups in total. The van der Waals surface area contributed by atoms with E-state index in [1.807, 2.05) is 20.8 Å². The molecule has 0 bridgehead atoms. The van der Waals surface area contributed by atoms with Gasteiger partial charge in [0.25, 0.3) is 6.47 Å². The van der Waals surface area contributed by atoms with Crippen LogP contribution in [0.2, 0.25) is 0 Å². The summed E-state index contributed by atoms with van der Waals surface area (Å²) in [6.07, 6.45) is 0.604. The van der Waals surface area contributed by atoms with Crippen molar-refractivity contribution in [2.45, 2.75) is 38.7 Å². The molecular formula is C17H24F3NO3. The maximum Gasteiger partial charge on any atom is 0.293 e. The monoisotopic (exact) mass is 347 g/mol. The molecule has 24 heavy (non-hydrogen) atoms. The Labute approximate surface area is 140 Å². The van der Waals surface area contributed by atoms with Crippen LogP contribution in [0.25, 0.3) is 0 Å². The number of hydrogen-bond acceptors (Lipinski definition) is 4. The lowest BCUT2D eigenvalue weighted by Gasteiger charge is -2.31. The maximum absolute atomic E-state index is 13.6. The second kappa shape index (κ2) is 9.03. The molecule has 136 valence electrons. The van der Waals surface area contributed by atoms with E-state index in [1.54, 1.807) is 0 Å². The first-order valence-corrected chi connectivity index (χ1v) is 7.77. The molecule has 0 amide bonds. The van der Waals surface area contributed by atoms with Crippen molar-refractivity contribution in [3.8, 4) is 0 Å². The Morgan fingerprint density at radius 2 is 1.88 bits per heavy atom. The van der Waals surface area contributed by atoms with E-state index in [9.17, 15) is 23.1 Å². The van der Waals surface area contributed by atoms with Crippen LogP contribution < -0.4 is 5.32 Å². The summed E-state index contributed by atoms with van der Waals surface area (Å²) in [4.78, 5) is 9.60. The van der Waals surface area contributed by atoms with Gasteiger partial charge in [-0.2, -0.15) is 0 Å². The van der Waals surface area contributed by atoms with Gasteiger partial charge in [-0.05, 0) is 51.3 Å². The number of carbonyl (C=O) groups excluding carboxylic acids is 1. The highest BCUT2D eigenvalue weighted by molar-refractivity contribution is 5.37. The normalized spacial score (nSPS) is 20.8. The minimum atomic E-state index is -1.18. The predicted octanol–water partition coefficient (Wildman–Crippen LogP) is 2.75. The summed E-state index contributed by atoms with van der Waals surface area (Å²) in [5, 5.41) is 12.3. The van der Waals surface area contributed by atoms with Crippen LogP contribution in [0.15, 0.2) is 12.1 Å². The van der Waals surface area contributed by atoms with Crippen LogP contribution in [0.5, 0.6) is 0 Å². The fraction of sp³-hybridized carbons (Fsp3) is 0.588. The molecule has 7 heteroatoms. The fourth-order valence-corrected chi connectivity index (χ4v) is 2.49. The van der Waals surface area contributed by atoms with Crippen molar-refractivity contribution in [1.29, 1.82) is 0 Å². The van der Waals surface area contributed by atoms with Crippen LogP contribution in [0.3, 0.4) is 0 Å². The number of ether oxygens (including phenoxy) is 1. The average Bonchev–Trinajstić information content (AvgIpc) is 2.50. The van der Waals surface area contributed by atoms with E-state index < -0.39 is 17.5 Å². The quantitative estimate of drug-likeness (QED) is 0.652. The Bertz CT molecular complexity index is 547. The molecule has 1 aliphatic heterocycles. The number of aliphatic hydroxyl groups excluding tert-OH is 1. The summed E-state index contributed by atoms with van der Waals surface area (Å²) in [5.74, 6) is -3.40. The van der Waals surface area contributed by atoms with Gasteiger partial charge in [0.05, 0.1) is 0 Å². The third kappa shape index (κ3) is 6.13. The summed E-state index contributed by atoms with van der Waals surface area (Å²) in [6, 6.07) is 1.48. The number of rotatable bonds is 3. The van der Waals surface area contributed by atoms with Gasteiger partial charge in [0, 0.05) is 25.1 Å². The Morgan fingerprint density at radius 1 is 1.25 bits per heavy atom. The molecule has 0 saturated carbocycles. The number of halogens is 3. The van der Waals surface area contributed by atoms with Crippen LogP contribution in [-0.4, -0.2) is 36.9 Å². The summed E-state index contributed by atoms with van der Waals surface area (Å²) >= 11 is 0. The lowest BCUT2D eigenvalue weighted by atomic mass is 9.81. The minimum absolute atomic E-state index is 0.101. The van der Waals surface area contributed by atoms with Crippen molar-refractivity contribution in [3.05, 3.63) is 35.1 Å². The number of aliphatic hydroxyl groups is 1. The Balaban J connectivity index is 0.000000351. The zero-order valence-corrected chi connectivity index (χ0v) is 14.1. The van der Waals surface area contributed by atoms with Gasteiger partial charge in [-0.25, -0.2) is 13.2 Å². The SMILES string of the molecule is CC(C)(C)OC=O.OC[C@@H]1CNCC[C@H]1c1cc(F)c(F)cc1F. The molecule has 0 aliphatic carbocycles. The van der Waals surface area contributed by atoms with E-state index in [4.69, 9.17) is 0 Å². The molecule has 1 saturated heterocycles. The van der Waals surface area contributed by atoms with Crippen molar-refractivity contribution < 1.29 is 27.8 Å². The fourth-order valence-electron chi connectivity index (χ4n) is 2.49. The van der Waals surface area contributed by atoms with E-state index in [0.29, 0.717) is 32.0 Å². The second-order valence-electron chi connectivity index (χ2n) is 6.66. The first-order chi connectivity index (χ1) is 11.2. The van der Waals surface area contributed by atoms with Crippen LogP contribution in [0.4, 0.5) is 13.2 Å². The number of nitrogens with one attached hydrogen (secondary N) is 1. The third-order valence-electron chi connectivity index (χ3n) is 3.68. The second-order valence-corrected chi connectivity index (χ2v) is 6.66. The highest BCUT2D eigenvalue weighted by atomic mass is 19.2. The number of hydrogen-bond donors (Lipinski definition) is 2. The van der Waals surface area contributed by atoms with Crippen molar-refractivity contribution >= 4 is 6.47 Å². The Morgan fingerprint density at radius 3 is 2.38 bits per heavy atom. The summed E-state index contributed by atoms with van der Waals surface area (Å²) in [5.41, 5.74) is -0.161. The van der Waals surface area contributed by atoms with E-state index in [2.05, 4.69) is 10.1 Å². The minimum Gasteiger partial charge on any atom is -0.462 e. The topological polar surface area (TPSA) is 58.6 Å². The summed E-state index contributed by atoms with van der Waals surface area (Å²) in [6.45, 7) is 7.06. The highest BCUT2D eigenvalue weighted by Gasteiger charge is 2.28. The van der Waals surface area contributed by atoms with Crippen LogP contribution in [0.1, 0.15) is 38.7 Å². The molecule has 1 aliphatic rings. The molecule has 0 unspecified atom stereocenters. The molecular weight excluding hydrogens is 323 g/mol. The van der Waals surface area contributed by atoms with Gasteiger partial charge < -0.3 is 15.2 Å². The van der Waals surface area contributed by atoms with Gasteiger partial charge >= 0.3 is 0 Å².